The minimum Gasteiger partial charge on any atom is -0.495 e. The molecule has 0 aliphatic heterocycles. The number of sulfone groups is 1. The maximum absolute atomic E-state index is 11.6. The van der Waals surface area contributed by atoms with Crippen LogP contribution in [0.5, 0.6) is 5.75 Å². The molecule has 0 radical (unpaired) electrons. The average Bonchev–Trinajstić information content (AvgIpc) is 2.18. The summed E-state index contributed by atoms with van der Waals surface area (Å²) in [6.45, 7) is 0. The monoisotopic (exact) mass is 234 g/mol. The molecule has 0 aliphatic carbocycles. The second-order valence-electron chi connectivity index (χ2n) is 2.66. The Morgan fingerprint density at radius 3 is 2.57 bits per heavy atom. The second-order valence-corrected chi connectivity index (χ2v) is 5.11. The van der Waals surface area contributed by atoms with Gasteiger partial charge in [0.1, 0.15) is 10.6 Å². The van der Waals surface area contributed by atoms with Gasteiger partial charge in [-0.2, -0.15) is 0 Å². The molecule has 0 amide bonds. The molecule has 0 unspecified atom stereocenters. The fourth-order valence-corrected chi connectivity index (χ4v) is 2.86. The maximum Gasteiger partial charge on any atom is 0.183 e. The third-order valence-corrected chi connectivity index (χ3v) is 3.91. The van der Waals surface area contributed by atoms with Gasteiger partial charge in [-0.05, 0) is 12.1 Å². The Morgan fingerprint density at radius 2 is 2.00 bits per heavy atom. The predicted octanol–water partition coefficient (Wildman–Crippen LogP) is 1.71. The zero-order valence-electron chi connectivity index (χ0n) is 7.73. The van der Waals surface area contributed by atoms with Gasteiger partial charge >= 0.3 is 0 Å². The first-order valence-electron chi connectivity index (χ1n) is 4.03. The molecular weight excluding hydrogens is 224 g/mol. The van der Waals surface area contributed by atoms with Crippen molar-refractivity contribution in [3.63, 3.8) is 0 Å². The lowest BCUT2D eigenvalue weighted by Crippen LogP contribution is -2.09. The summed E-state index contributed by atoms with van der Waals surface area (Å²) in [6, 6.07) is 6.50. The predicted molar refractivity (Wildman–Crippen MR) is 55.8 cm³/mol. The van der Waals surface area contributed by atoms with E-state index in [1.165, 1.54) is 13.2 Å². The normalized spacial score (nSPS) is 11.3. The van der Waals surface area contributed by atoms with Crippen molar-refractivity contribution in [2.24, 2.45) is 0 Å². The van der Waals surface area contributed by atoms with E-state index in [4.69, 9.17) is 16.3 Å². The third-order valence-electron chi connectivity index (χ3n) is 1.75. The molecule has 0 atom stereocenters. The van der Waals surface area contributed by atoms with Gasteiger partial charge in [0.25, 0.3) is 0 Å². The van der Waals surface area contributed by atoms with Gasteiger partial charge in [0.2, 0.25) is 0 Å². The average molecular weight is 235 g/mol. The molecule has 0 bridgehead atoms. The summed E-state index contributed by atoms with van der Waals surface area (Å²) in [5, 5.41) is 0. The topological polar surface area (TPSA) is 43.4 Å². The zero-order chi connectivity index (χ0) is 10.6. The van der Waals surface area contributed by atoms with Crippen molar-refractivity contribution in [2.45, 2.75) is 4.90 Å². The van der Waals surface area contributed by atoms with Crippen LogP contribution in [0.3, 0.4) is 0 Å². The van der Waals surface area contributed by atoms with Crippen molar-refractivity contribution in [1.29, 1.82) is 0 Å². The lowest BCUT2D eigenvalue weighted by molar-refractivity contribution is 0.403. The summed E-state index contributed by atoms with van der Waals surface area (Å²) in [6.07, 6.45) is 0. The molecule has 14 heavy (non-hydrogen) atoms. The maximum atomic E-state index is 11.6. The summed E-state index contributed by atoms with van der Waals surface area (Å²) < 4.78 is 28.3. The molecule has 1 aromatic rings. The zero-order valence-corrected chi connectivity index (χ0v) is 9.31. The fraction of sp³-hybridized carbons (Fsp3) is 0.333. The van der Waals surface area contributed by atoms with E-state index >= 15 is 0 Å². The summed E-state index contributed by atoms with van der Waals surface area (Å²) in [5.74, 6) is 0.368. The van der Waals surface area contributed by atoms with Gasteiger partial charge in [-0.3, -0.25) is 0 Å². The molecular formula is C9H11ClO3S. The van der Waals surface area contributed by atoms with Gasteiger partial charge in [-0.1, -0.05) is 12.1 Å². The van der Waals surface area contributed by atoms with E-state index in [2.05, 4.69) is 0 Å². The van der Waals surface area contributed by atoms with Crippen LogP contribution in [0.25, 0.3) is 0 Å². The van der Waals surface area contributed by atoms with Crippen molar-refractivity contribution < 1.29 is 13.2 Å². The number of para-hydroxylation sites is 1. The smallest absolute Gasteiger partial charge is 0.183 e. The molecule has 3 nitrogen and oxygen atoms in total. The molecule has 5 heteroatoms. The highest BCUT2D eigenvalue weighted by Gasteiger charge is 2.17. The number of hydrogen-bond acceptors (Lipinski definition) is 3. The Balaban J connectivity index is 3.18. The van der Waals surface area contributed by atoms with Crippen LogP contribution in [0.15, 0.2) is 29.2 Å². The molecule has 0 N–H and O–H groups in total. The van der Waals surface area contributed by atoms with Crippen molar-refractivity contribution in [3.8, 4) is 5.75 Å². The Morgan fingerprint density at radius 1 is 1.36 bits per heavy atom. The molecule has 0 spiro atoms. The molecule has 0 saturated heterocycles. The minimum atomic E-state index is -3.31. The van der Waals surface area contributed by atoms with Crippen molar-refractivity contribution in [2.75, 3.05) is 18.7 Å². The first-order valence-corrected chi connectivity index (χ1v) is 6.22. The van der Waals surface area contributed by atoms with E-state index in [9.17, 15) is 8.42 Å². The number of halogens is 1. The van der Waals surface area contributed by atoms with Gasteiger partial charge < -0.3 is 4.74 Å². The molecule has 1 aromatic carbocycles. The van der Waals surface area contributed by atoms with Crippen molar-refractivity contribution >= 4 is 21.4 Å². The van der Waals surface area contributed by atoms with E-state index in [0.29, 0.717) is 5.75 Å². The lowest BCUT2D eigenvalue weighted by Gasteiger charge is -2.07. The molecule has 1 rings (SSSR count). The van der Waals surface area contributed by atoms with Crippen LogP contribution < -0.4 is 4.74 Å². The first-order chi connectivity index (χ1) is 6.61. The summed E-state index contributed by atoms with van der Waals surface area (Å²) in [7, 11) is -1.87. The van der Waals surface area contributed by atoms with Gasteiger partial charge in [0.15, 0.2) is 9.84 Å². The Bertz CT molecular complexity index is 400. The summed E-state index contributed by atoms with van der Waals surface area (Å²) in [4.78, 5) is 0.197. The van der Waals surface area contributed by atoms with Gasteiger partial charge in [0, 0.05) is 5.88 Å². The van der Waals surface area contributed by atoms with Crippen LogP contribution >= 0.6 is 11.6 Å². The summed E-state index contributed by atoms with van der Waals surface area (Å²) in [5.41, 5.74) is 0. The number of alkyl halides is 1. The van der Waals surface area contributed by atoms with Crippen LogP contribution in [-0.2, 0) is 9.84 Å². The molecule has 0 aliphatic rings. The Hall–Kier alpha value is -0.740. The number of ether oxygens (including phenoxy) is 1. The van der Waals surface area contributed by atoms with Gasteiger partial charge in [-0.25, -0.2) is 8.42 Å². The molecule has 0 heterocycles. The minimum absolute atomic E-state index is 0.0745. The quantitative estimate of drug-likeness (QED) is 0.745. The standard InChI is InChI=1S/C9H11ClO3S/c1-13-8-4-2-3-5-9(8)14(11,12)7-6-10/h2-5H,6-7H2,1H3. The van der Waals surface area contributed by atoms with E-state index < -0.39 is 9.84 Å². The Kier molecular flexibility index (Phi) is 3.77. The fourth-order valence-electron chi connectivity index (χ4n) is 1.09. The molecule has 0 saturated carbocycles. The number of methoxy groups -OCH3 is 1. The molecule has 0 aromatic heterocycles. The van der Waals surface area contributed by atoms with Crippen molar-refractivity contribution in [1.82, 2.24) is 0 Å². The Labute approximate surface area is 88.6 Å². The van der Waals surface area contributed by atoms with Gasteiger partial charge in [0.05, 0.1) is 12.9 Å². The largest absolute Gasteiger partial charge is 0.495 e. The number of hydrogen-bond donors (Lipinski definition) is 0. The highest BCUT2D eigenvalue weighted by molar-refractivity contribution is 7.91. The molecule has 0 fully saturated rings. The highest BCUT2D eigenvalue weighted by Crippen LogP contribution is 2.23. The van der Waals surface area contributed by atoms with Crippen LogP contribution in [-0.4, -0.2) is 27.2 Å². The first kappa shape index (κ1) is 11.3. The van der Waals surface area contributed by atoms with E-state index in [1.807, 2.05) is 0 Å². The summed E-state index contributed by atoms with van der Waals surface area (Å²) >= 11 is 5.41. The third kappa shape index (κ3) is 2.39. The van der Waals surface area contributed by atoms with Crippen molar-refractivity contribution in [3.05, 3.63) is 24.3 Å². The van der Waals surface area contributed by atoms with E-state index in [1.54, 1.807) is 18.2 Å². The van der Waals surface area contributed by atoms with Crippen LogP contribution in [0, 0.1) is 0 Å². The lowest BCUT2D eigenvalue weighted by atomic mass is 10.3. The number of rotatable bonds is 4. The van der Waals surface area contributed by atoms with Crippen LogP contribution in [0.1, 0.15) is 0 Å². The second kappa shape index (κ2) is 4.66. The van der Waals surface area contributed by atoms with E-state index in [-0.39, 0.29) is 16.5 Å². The van der Waals surface area contributed by atoms with Crippen LogP contribution in [0.4, 0.5) is 0 Å². The van der Waals surface area contributed by atoms with Crippen LogP contribution in [0.2, 0.25) is 0 Å². The highest BCUT2D eigenvalue weighted by atomic mass is 35.5. The number of benzene rings is 1. The van der Waals surface area contributed by atoms with Gasteiger partial charge in [-0.15, -0.1) is 11.6 Å². The SMILES string of the molecule is COc1ccccc1S(=O)(=O)CCCl. The van der Waals surface area contributed by atoms with E-state index in [0.717, 1.165) is 0 Å². The molecule has 78 valence electrons.